The predicted molar refractivity (Wildman–Crippen MR) is 88.4 cm³/mol. The molecule has 118 valence electrons. The van der Waals surface area contributed by atoms with Crippen molar-refractivity contribution in [2.45, 2.75) is 19.8 Å². The lowest BCUT2D eigenvalue weighted by Gasteiger charge is -2.04. The topological polar surface area (TPSA) is 85.8 Å². The summed E-state index contributed by atoms with van der Waals surface area (Å²) in [6.07, 6.45) is 3.39. The van der Waals surface area contributed by atoms with Crippen LogP contribution in [-0.4, -0.2) is 33.8 Å². The highest BCUT2D eigenvalue weighted by atomic mass is 35.5. The minimum atomic E-state index is -0.102. The van der Waals surface area contributed by atoms with Crippen molar-refractivity contribution in [1.82, 2.24) is 20.1 Å². The number of hydrogen-bond donors (Lipinski definition) is 2. The van der Waals surface area contributed by atoms with Crippen LogP contribution in [0.3, 0.4) is 0 Å². The van der Waals surface area contributed by atoms with Crippen molar-refractivity contribution in [2.24, 2.45) is 12.8 Å². The summed E-state index contributed by atoms with van der Waals surface area (Å²) in [4.78, 5) is 16.2. The summed E-state index contributed by atoms with van der Waals surface area (Å²) in [6.45, 7) is 3.20. The molecule has 0 aliphatic carbocycles. The maximum absolute atomic E-state index is 12.0. The van der Waals surface area contributed by atoms with Gasteiger partial charge in [0.2, 0.25) is 0 Å². The van der Waals surface area contributed by atoms with Crippen LogP contribution in [0.1, 0.15) is 28.9 Å². The molecule has 0 aliphatic rings. The molecule has 6 nitrogen and oxygen atoms in total. The molecule has 0 bridgehead atoms. The molecule has 0 saturated heterocycles. The van der Waals surface area contributed by atoms with Gasteiger partial charge in [0, 0.05) is 25.2 Å². The second-order valence-corrected chi connectivity index (χ2v) is 4.56. The molecule has 0 atom stereocenters. The van der Waals surface area contributed by atoms with Crippen LogP contribution in [0.5, 0.6) is 0 Å². The van der Waals surface area contributed by atoms with E-state index in [1.54, 1.807) is 10.9 Å². The minimum Gasteiger partial charge on any atom is -0.352 e. The van der Waals surface area contributed by atoms with E-state index in [0.29, 0.717) is 18.7 Å². The summed E-state index contributed by atoms with van der Waals surface area (Å²) in [6, 6.07) is 1.84. The van der Waals surface area contributed by atoms with Crippen molar-refractivity contribution in [1.29, 1.82) is 0 Å². The number of unbranched alkanes of at least 4 members (excludes halogenated alkanes) is 1. The van der Waals surface area contributed by atoms with Gasteiger partial charge in [-0.05, 0) is 32.4 Å². The number of carbonyl (C=O) groups is 1. The van der Waals surface area contributed by atoms with E-state index in [2.05, 4.69) is 15.4 Å². The lowest BCUT2D eigenvalue weighted by molar-refractivity contribution is 0.0953. The summed E-state index contributed by atoms with van der Waals surface area (Å²) < 4.78 is 1.72. The molecule has 0 spiro atoms. The first kappa shape index (κ1) is 19.6. The molecule has 0 aromatic carbocycles. The maximum atomic E-state index is 12.0. The van der Waals surface area contributed by atoms with Crippen LogP contribution in [0.2, 0.25) is 0 Å². The number of pyridine rings is 1. The van der Waals surface area contributed by atoms with Crippen LogP contribution in [-0.2, 0) is 7.05 Å². The van der Waals surface area contributed by atoms with E-state index >= 15 is 0 Å². The van der Waals surface area contributed by atoms with E-state index in [1.165, 1.54) is 0 Å². The lowest BCUT2D eigenvalue weighted by atomic mass is 10.2. The van der Waals surface area contributed by atoms with Crippen molar-refractivity contribution in [3.05, 3.63) is 23.5 Å². The number of nitrogens with two attached hydrogens (primary N) is 1. The van der Waals surface area contributed by atoms with Crippen molar-refractivity contribution in [3.8, 4) is 0 Å². The van der Waals surface area contributed by atoms with Crippen LogP contribution in [0.25, 0.3) is 11.0 Å². The molecular weight excluding hydrogens is 313 g/mol. The fourth-order valence-corrected chi connectivity index (χ4v) is 2.01. The first-order valence-corrected chi connectivity index (χ1v) is 6.41. The summed E-state index contributed by atoms with van der Waals surface area (Å²) in [5, 5.41) is 8.06. The molecule has 21 heavy (non-hydrogen) atoms. The number of carbonyl (C=O) groups excluding carboxylic acids is 1. The third kappa shape index (κ3) is 4.56. The van der Waals surface area contributed by atoms with E-state index in [1.807, 2.05) is 20.0 Å². The van der Waals surface area contributed by atoms with Crippen molar-refractivity contribution in [3.63, 3.8) is 0 Å². The Morgan fingerprint density at radius 3 is 2.76 bits per heavy atom. The number of fused-ring (bicyclic) bond motifs is 1. The lowest BCUT2D eigenvalue weighted by Crippen LogP contribution is -2.25. The maximum Gasteiger partial charge on any atom is 0.252 e. The number of aromatic nitrogens is 3. The minimum absolute atomic E-state index is 0. The smallest absolute Gasteiger partial charge is 0.252 e. The molecule has 0 saturated carbocycles. The van der Waals surface area contributed by atoms with Gasteiger partial charge in [-0.2, -0.15) is 5.10 Å². The SMILES string of the molecule is Cc1nn(C)c2ncc(C(=O)NCCCCN)cc12.Cl.Cl. The Bertz CT molecular complexity index is 600. The Kier molecular flexibility index (Phi) is 8.24. The van der Waals surface area contributed by atoms with Crippen molar-refractivity contribution >= 4 is 41.8 Å². The normalized spacial score (nSPS) is 9.86. The van der Waals surface area contributed by atoms with E-state index in [4.69, 9.17) is 5.73 Å². The highest BCUT2D eigenvalue weighted by molar-refractivity contribution is 5.97. The average Bonchev–Trinajstić information content (AvgIpc) is 2.69. The summed E-state index contributed by atoms with van der Waals surface area (Å²) >= 11 is 0. The Labute approximate surface area is 136 Å². The molecule has 2 aromatic rings. The van der Waals surface area contributed by atoms with Gasteiger partial charge >= 0.3 is 0 Å². The molecule has 8 heteroatoms. The van der Waals surface area contributed by atoms with Gasteiger partial charge in [-0.25, -0.2) is 4.98 Å². The third-order valence-corrected chi connectivity index (χ3v) is 3.04. The number of rotatable bonds is 5. The van der Waals surface area contributed by atoms with Crippen LogP contribution in [0, 0.1) is 6.92 Å². The van der Waals surface area contributed by atoms with E-state index in [-0.39, 0.29) is 30.7 Å². The zero-order chi connectivity index (χ0) is 13.8. The molecule has 0 unspecified atom stereocenters. The number of amides is 1. The summed E-state index contributed by atoms with van der Waals surface area (Å²) in [7, 11) is 1.84. The second kappa shape index (κ2) is 8.81. The van der Waals surface area contributed by atoms with Gasteiger partial charge in [-0.1, -0.05) is 0 Å². The highest BCUT2D eigenvalue weighted by Gasteiger charge is 2.11. The number of halogens is 2. The summed E-state index contributed by atoms with van der Waals surface area (Å²) in [5.74, 6) is -0.102. The predicted octanol–water partition coefficient (Wildman–Crippen LogP) is 1.59. The monoisotopic (exact) mass is 333 g/mol. The third-order valence-electron chi connectivity index (χ3n) is 3.04. The Morgan fingerprint density at radius 2 is 2.10 bits per heavy atom. The first-order valence-electron chi connectivity index (χ1n) is 6.41. The fourth-order valence-electron chi connectivity index (χ4n) is 2.01. The van der Waals surface area contributed by atoms with Crippen molar-refractivity contribution < 1.29 is 4.79 Å². The zero-order valence-electron chi connectivity index (χ0n) is 12.1. The highest BCUT2D eigenvalue weighted by Crippen LogP contribution is 2.16. The molecule has 0 aliphatic heterocycles. The number of nitrogens with zero attached hydrogens (tertiary/aromatic N) is 3. The van der Waals surface area contributed by atoms with Gasteiger partial charge in [-0.3, -0.25) is 9.48 Å². The zero-order valence-corrected chi connectivity index (χ0v) is 13.8. The van der Waals surface area contributed by atoms with Gasteiger partial charge in [0.25, 0.3) is 5.91 Å². The number of hydrogen-bond acceptors (Lipinski definition) is 4. The van der Waals surface area contributed by atoms with Crippen molar-refractivity contribution in [2.75, 3.05) is 13.1 Å². The fraction of sp³-hybridized carbons (Fsp3) is 0.462. The van der Waals surface area contributed by atoms with Crippen LogP contribution in [0.4, 0.5) is 0 Å². The van der Waals surface area contributed by atoms with Gasteiger partial charge < -0.3 is 11.1 Å². The van der Waals surface area contributed by atoms with E-state index in [0.717, 1.165) is 29.6 Å². The molecular formula is C13H21Cl2N5O. The first-order chi connectivity index (χ1) is 9.13. The van der Waals surface area contributed by atoms with Crippen LogP contribution >= 0.6 is 24.8 Å². The molecule has 0 radical (unpaired) electrons. The Hall–Kier alpha value is -1.37. The van der Waals surface area contributed by atoms with Crippen LogP contribution in [0.15, 0.2) is 12.3 Å². The van der Waals surface area contributed by atoms with Crippen LogP contribution < -0.4 is 11.1 Å². The van der Waals surface area contributed by atoms with Gasteiger partial charge in [0.05, 0.1) is 11.3 Å². The number of aryl methyl sites for hydroxylation is 2. The Morgan fingerprint density at radius 1 is 1.38 bits per heavy atom. The Balaban J connectivity index is 0.00000200. The largest absolute Gasteiger partial charge is 0.352 e. The standard InChI is InChI=1S/C13H19N5O.2ClH/c1-9-11-7-10(8-16-12(11)18(2)17-9)13(19)15-6-4-3-5-14;;/h7-8H,3-6,14H2,1-2H3,(H,15,19);2*1H. The summed E-state index contributed by atoms with van der Waals surface area (Å²) in [5.41, 5.74) is 7.64. The van der Waals surface area contributed by atoms with E-state index < -0.39 is 0 Å². The quantitative estimate of drug-likeness (QED) is 0.813. The second-order valence-electron chi connectivity index (χ2n) is 4.56. The number of nitrogens with one attached hydrogen (secondary N) is 1. The molecule has 2 rings (SSSR count). The average molecular weight is 334 g/mol. The van der Waals surface area contributed by atoms with Gasteiger partial charge in [0.1, 0.15) is 0 Å². The van der Waals surface area contributed by atoms with Gasteiger partial charge in [0.15, 0.2) is 5.65 Å². The molecule has 1 amide bonds. The van der Waals surface area contributed by atoms with E-state index in [9.17, 15) is 4.79 Å². The molecule has 2 heterocycles. The molecule has 3 N–H and O–H groups in total. The van der Waals surface area contributed by atoms with Gasteiger partial charge in [-0.15, -0.1) is 24.8 Å². The molecule has 0 fully saturated rings. The molecule has 2 aromatic heterocycles.